The van der Waals surface area contributed by atoms with Crippen LogP contribution in [0.2, 0.25) is 0 Å². The van der Waals surface area contributed by atoms with Crippen LogP contribution in [-0.4, -0.2) is 31.0 Å². The van der Waals surface area contributed by atoms with Crippen LogP contribution in [0.5, 0.6) is 0 Å². The molecule has 0 radical (unpaired) electrons. The molecule has 1 aliphatic rings. The molecule has 38 heavy (non-hydrogen) atoms. The fourth-order valence-corrected chi connectivity index (χ4v) is 4.67. The maximum absolute atomic E-state index is 13.8. The van der Waals surface area contributed by atoms with E-state index in [0.29, 0.717) is 17.1 Å². The first-order chi connectivity index (χ1) is 17.8. The van der Waals surface area contributed by atoms with Crippen molar-refractivity contribution in [2.75, 3.05) is 11.9 Å². The van der Waals surface area contributed by atoms with Crippen molar-refractivity contribution in [3.05, 3.63) is 103 Å². The third-order valence-electron chi connectivity index (χ3n) is 6.82. The predicted molar refractivity (Wildman–Crippen MR) is 144 cm³/mol. The van der Waals surface area contributed by atoms with E-state index in [2.05, 4.69) is 25.1 Å². The van der Waals surface area contributed by atoms with Gasteiger partial charge in [0.25, 0.3) is 0 Å². The summed E-state index contributed by atoms with van der Waals surface area (Å²) in [6.07, 6.45) is -5.57. The second kappa shape index (κ2) is 12.0. The van der Waals surface area contributed by atoms with Crippen LogP contribution in [0.4, 0.5) is 27.6 Å². The first kappa shape index (κ1) is 29.1. The standard InChI is InChI=1S/C30H34F5N3/c1-6-22(16-19-30(33,34)35)24(17-18-29(4,31)32)20(2)36-28-21(3)38(5)26-15-11-10-14-25(26)27(37-28)23-12-8-7-9-13-23/h6-15,22,24,28,36H,1-3,16-19H2,4-5H3. The Morgan fingerprint density at radius 2 is 1.66 bits per heavy atom. The van der Waals surface area contributed by atoms with E-state index >= 15 is 0 Å². The van der Waals surface area contributed by atoms with E-state index in [0.717, 1.165) is 23.7 Å². The lowest BCUT2D eigenvalue weighted by Gasteiger charge is -2.32. The fraction of sp³-hybridized carbons (Fsp3) is 0.367. The van der Waals surface area contributed by atoms with Gasteiger partial charge in [0, 0.05) is 42.6 Å². The molecule has 1 heterocycles. The molecule has 0 spiro atoms. The summed E-state index contributed by atoms with van der Waals surface area (Å²) < 4.78 is 66.6. The molecule has 0 aromatic heterocycles. The predicted octanol–water partition coefficient (Wildman–Crippen LogP) is 8.11. The number of nitrogens with one attached hydrogen (secondary N) is 1. The van der Waals surface area contributed by atoms with Gasteiger partial charge in [0.15, 0.2) is 6.17 Å². The summed E-state index contributed by atoms with van der Waals surface area (Å²) in [6, 6.07) is 17.3. The maximum Gasteiger partial charge on any atom is 0.389 e. The van der Waals surface area contributed by atoms with Crippen LogP contribution >= 0.6 is 0 Å². The number of para-hydroxylation sites is 1. The number of hydrogen-bond donors (Lipinski definition) is 1. The molecular weight excluding hydrogens is 497 g/mol. The smallest absolute Gasteiger partial charge is 0.363 e. The number of benzodiazepines with no additional fused rings is 1. The molecule has 0 saturated heterocycles. The van der Waals surface area contributed by atoms with Crippen molar-refractivity contribution in [2.24, 2.45) is 16.8 Å². The lowest BCUT2D eigenvalue weighted by atomic mass is 9.82. The Morgan fingerprint density at radius 1 is 1.03 bits per heavy atom. The molecule has 3 rings (SSSR count). The number of rotatable bonds is 11. The molecule has 8 heteroatoms. The molecular formula is C30H34F5N3. The SMILES string of the molecule is C=CC(CCC(F)(F)F)C(CCC(C)(F)F)C(=C)NC1N=C(c2ccccc2)c2ccccc2N(C)C1=C. The van der Waals surface area contributed by atoms with Crippen molar-refractivity contribution >= 4 is 11.4 Å². The van der Waals surface area contributed by atoms with Crippen LogP contribution in [-0.2, 0) is 0 Å². The van der Waals surface area contributed by atoms with Crippen molar-refractivity contribution in [1.82, 2.24) is 5.32 Å². The molecule has 0 saturated carbocycles. The summed E-state index contributed by atoms with van der Waals surface area (Å²) in [4.78, 5) is 6.86. The van der Waals surface area contributed by atoms with Gasteiger partial charge in [-0.05, 0) is 31.7 Å². The quantitative estimate of drug-likeness (QED) is 0.234. The van der Waals surface area contributed by atoms with E-state index in [1.54, 1.807) is 0 Å². The second-order valence-corrected chi connectivity index (χ2v) is 9.75. The van der Waals surface area contributed by atoms with Crippen LogP contribution < -0.4 is 10.2 Å². The summed E-state index contributed by atoms with van der Waals surface area (Å²) in [7, 11) is 1.85. The average molecular weight is 532 g/mol. The van der Waals surface area contributed by atoms with Crippen LogP contribution in [0.3, 0.4) is 0 Å². The van der Waals surface area contributed by atoms with E-state index in [1.807, 2.05) is 66.5 Å². The molecule has 2 aromatic carbocycles. The van der Waals surface area contributed by atoms with Gasteiger partial charge in [0.1, 0.15) is 0 Å². The Bertz CT molecular complexity index is 1160. The molecule has 3 atom stereocenters. The van der Waals surface area contributed by atoms with Crippen molar-refractivity contribution in [1.29, 1.82) is 0 Å². The molecule has 0 bridgehead atoms. The average Bonchev–Trinajstić information content (AvgIpc) is 2.96. The minimum atomic E-state index is -4.37. The van der Waals surface area contributed by atoms with E-state index < -0.39 is 42.9 Å². The zero-order valence-electron chi connectivity index (χ0n) is 21.7. The number of halogens is 5. The Balaban J connectivity index is 1.97. The fourth-order valence-electron chi connectivity index (χ4n) is 4.67. The van der Waals surface area contributed by atoms with E-state index in [1.165, 1.54) is 6.08 Å². The number of hydrogen-bond acceptors (Lipinski definition) is 3. The van der Waals surface area contributed by atoms with E-state index in [9.17, 15) is 22.0 Å². The molecule has 3 nitrogen and oxygen atoms in total. The molecule has 2 aromatic rings. The molecule has 0 amide bonds. The highest BCUT2D eigenvalue weighted by atomic mass is 19.4. The number of allylic oxidation sites excluding steroid dienone is 2. The normalized spacial score (nSPS) is 17.7. The van der Waals surface area contributed by atoms with Crippen LogP contribution in [0.15, 0.2) is 96.8 Å². The number of fused-ring (bicyclic) bond motifs is 1. The van der Waals surface area contributed by atoms with Gasteiger partial charge in [-0.3, -0.25) is 4.99 Å². The van der Waals surface area contributed by atoms with E-state index in [-0.39, 0.29) is 12.8 Å². The highest BCUT2D eigenvalue weighted by Crippen LogP contribution is 2.36. The first-order valence-corrected chi connectivity index (χ1v) is 12.5. The largest absolute Gasteiger partial charge is 0.389 e. The summed E-state index contributed by atoms with van der Waals surface area (Å²) in [5.74, 6) is -4.38. The number of nitrogens with zero attached hydrogens (tertiary/aromatic N) is 2. The van der Waals surface area contributed by atoms with Crippen molar-refractivity contribution in [3.8, 4) is 0 Å². The Hall–Kier alpha value is -3.42. The van der Waals surface area contributed by atoms with Crippen LogP contribution in [0.1, 0.15) is 43.7 Å². The highest BCUT2D eigenvalue weighted by molar-refractivity contribution is 6.16. The van der Waals surface area contributed by atoms with E-state index in [4.69, 9.17) is 4.99 Å². The minimum absolute atomic E-state index is 0.0611. The minimum Gasteiger partial charge on any atom is -0.363 e. The van der Waals surface area contributed by atoms with Gasteiger partial charge in [0.05, 0.1) is 17.1 Å². The Labute approximate surface area is 221 Å². The van der Waals surface area contributed by atoms with Gasteiger partial charge in [-0.15, -0.1) is 6.58 Å². The van der Waals surface area contributed by atoms with Gasteiger partial charge >= 0.3 is 6.18 Å². The summed E-state index contributed by atoms with van der Waals surface area (Å²) in [6.45, 7) is 12.8. The number of alkyl halides is 5. The molecule has 0 aliphatic carbocycles. The number of anilines is 1. The monoisotopic (exact) mass is 531 g/mol. The van der Waals surface area contributed by atoms with Crippen molar-refractivity contribution in [2.45, 2.75) is 50.9 Å². The van der Waals surface area contributed by atoms with Crippen LogP contribution in [0, 0.1) is 11.8 Å². The lowest BCUT2D eigenvalue weighted by molar-refractivity contribution is -0.137. The van der Waals surface area contributed by atoms with Crippen LogP contribution in [0.25, 0.3) is 0 Å². The summed E-state index contributed by atoms with van der Waals surface area (Å²) >= 11 is 0. The summed E-state index contributed by atoms with van der Waals surface area (Å²) in [5.41, 5.74) is 4.24. The maximum atomic E-state index is 13.8. The van der Waals surface area contributed by atoms with Crippen molar-refractivity contribution < 1.29 is 22.0 Å². The zero-order chi connectivity index (χ0) is 28.1. The number of benzene rings is 2. The van der Waals surface area contributed by atoms with Gasteiger partial charge in [-0.2, -0.15) is 13.2 Å². The first-order valence-electron chi connectivity index (χ1n) is 12.5. The zero-order valence-corrected chi connectivity index (χ0v) is 21.7. The Morgan fingerprint density at radius 3 is 2.26 bits per heavy atom. The van der Waals surface area contributed by atoms with Gasteiger partial charge < -0.3 is 10.2 Å². The van der Waals surface area contributed by atoms with Gasteiger partial charge in [-0.25, -0.2) is 8.78 Å². The number of likely N-dealkylation sites (N-methyl/N-ethyl adjacent to an activating group) is 1. The molecule has 1 aliphatic heterocycles. The molecule has 204 valence electrons. The molecule has 0 fully saturated rings. The third-order valence-corrected chi connectivity index (χ3v) is 6.82. The molecule has 3 unspecified atom stereocenters. The van der Waals surface area contributed by atoms with Gasteiger partial charge in [-0.1, -0.05) is 67.8 Å². The molecule has 1 N–H and O–H groups in total. The second-order valence-electron chi connectivity index (χ2n) is 9.75. The highest BCUT2D eigenvalue weighted by Gasteiger charge is 2.34. The lowest BCUT2D eigenvalue weighted by Crippen LogP contribution is -2.38. The number of aliphatic imine (C=N–C) groups is 1. The van der Waals surface area contributed by atoms with Gasteiger partial charge in [0.2, 0.25) is 5.92 Å². The Kier molecular flexibility index (Phi) is 9.18. The topological polar surface area (TPSA) is 27.6 Å². The summed E-state index contributed by atoms with van der Waals surface area (Å²) in [5, 5.41) is 3.22. The third kappa shape index (κ3) is 7.55. The van der Waals surface area contributed by atoms with Crippen molar-refractivity contribution in [3.63, 3.8) is 0 Å².